The standard InChI is InChI=1S/C25H28F3N3O3/c1-31(15-32)23(29)30-22-21-13-17(16-4-3-5-20(12-16)34-25(26,27)28)6-7-18(21)14-24(22)10-8-19(33-2)9-11-24/h3-7,12-13,15,19,22H,8-11,14H2,1-2H3,(H2,29,30). The first kappa shape index (κ1) is 24.1. The number of nitrogens with two attached hydrogens (primary N) is 1. The van der Waals surface area contributed by atoms with E-state index < -0.39 is 6.36 Å². The van der Waals surface area contributed by atoms with Gasteiger partial charge in [-0.25, -0.2) is 4.99 Å². The van der Waals surface area contributed by atoms with E-state index in [2.05, 4.69) is 4.74 Å². The molecule has 2 aromatic carbocycles. The van der Waals surface area contributed by atoms with E-state index >= 15 is 0 Å². The van der Waals surface area contributed by atoms with Crippen LogP contribution in [0, 0.1) is 5.41 Å². The third-order valence-electron chi connectivity index (χ3n) is 7.01. The van der Waals surface area contributed by atoms with Crippen LogP contribution in [0.3, 0.4) is 0 Å². The molecule has 9 heteroatoms. The van der Waals surface area contributed by atoms with Crippen molar-refractivity contribution in [1.82, 2.24) is 4.90 Å². The third kappa shape index (κ3) is 4.89. The number of benzene rings is 2. The summed E-state index contributed by atoms with van der Waals surface area (Å²) in [6, 6.07) is 11.6. The molecule has 0 heterocycles. The molecule has 2 aliphatic rings. The number of guanidine groups is 1. The number of amides is 1. The van der Waals surface area contributed by atoms with Crippen LogP contribution in [-0.2, 0) is 16.0 Å². The Morgan fingerprint density at radius 1 is 1.18 bits per heavy atom. The highest BCUT2D eigenvalue weighted by Gasteiger charge is 2.48. The predicted octanol–water partition coefficient (Wildman–Crippen LogP) is 4.83. The first-order chi connectivity index (χ1) is 16.1. The Bertz CT molecular complexity index is 1080. The van der Waals surface area contributed by atoms with Gasteiger partial charge in [0.25, 0.3) is 0 Å². The SMILES string of the molecule is COC1CCC2(CC1)Cc1ccc(-c3cccc(OC(F)(F)F)c3)cc1C2N=C(N)N(C)C=O. The van der Waals surface area contributed by atoms with E-state index in [1.807, 2.05) is 18.2 Å². The summed E-state index contributed by atoms with van der Waals surface area (Å²) in [5.74, 6) is -0.140. The van der Waals surface area contributed by atoms with Crippen LogP contribution in [0.25, 0.3) is 11.1 Å². The Morgan fingerprint density at radius 2 is 1.88 bits per heavy atom. The van der Waals surface area contributed by atoms with Crippen molar-refractivity contribution in [3.05, 3.63) is 53.6 Å². The van der Waals surface area contributed by atoms with Gasteiger partial charge in [-0.2, -0.15) is 0 Å². The van der Waals surface area contributed by atoms with Crippen LogP contribution in [0.5, 0.6) is 5.75 Å². The number of ether oxygens (including phenoxy) is 2. The molecule has 1 atom stereocenters. The molecule has 1 spiro atoms. The fourth-order valence-corrected chi connectivity index (χ4v) is 5.20. The van der Waals surface area contributed by atoms with Crippen molar-refractivity contribution in [2.45, 2.75) is 50.6 Å². The Kier molecular flexibility index (Phi) is 6.58. The van der Waals surface area contributed by atoms with Crippen molar-refractivity contribution in [3.63, 3.8) is 0 Å². The van der Waals surface area contributed by atoms with Gasteiger partial charge in [0.2, 0.25) is 6.41 Å². The van der Waals surface area contributed by atoms with Gasteiger partial charge in [0, 0.05) is 19.6 Å². The zero-order valence-electron chi connectivity index (χ0n) is 19.1. The zero-order valence-corrected chi connectivity index (χ0v) is 19.1. The molecule has 4 rings (SSSR count). The van der Waals surface area contributed by atoms with Crippen LogP contribution in [0.15, 0.2) is 47.5 Å². The number of nitrogens with zero attached hydrogens (tertiary/aromatic N) is 2. The van der Waals surface area contributed by atoms with Crippen molar-refractivity contribution in [2.24, 2.45) is 16.1 Å². The maximum absolute atomic E-state index is 12.7. The van der Waals surface area contributed by atoms with E-state index in [0.717, 1.165) is 48.8 Å². The number of rotatable bonds is 5. The molecule has 2 N–H and O–H groups in total. The summed E-state index contributed by atoms with van der Waals surface area (Å²) in [7, 11) is 3.28. The zero-order chi connectivity index (χ0) is 24.5. The number of halogens is 3. The van der Waals surface area contributed by atoms with Crippen molar-refractivity contribution < 1.29 is 27.4 Å². The van der Waals surface area contributed by atoms with Gasteiger partial charge in [-0.15, -0.1) is 13.2 Å². The number of alkyl halides is 3. The van der Waals surface area contributed by atoms with Crippen LogP contribution in [0.4, 0.5) is 13.2 Å². The second-order valence-electron chi connectivity index (χ2n) is 9.07. The van der Waals surface area contributed by atoms with E-state index in [4.69, 9.17) is 15.5 Å². The molecule has 0 saturated heterocycles. The minimum atomic E-state index is -4.76. The number of carbonyl (C=O) groups is 1. The Hall–Kier alpha value is -3.07. The smallest absolute Gasteiger partial charge is 0.406 e. The first-order valence-electron chi connectivity index (χ1n) is 11.2. The summed E-state index contributed by atoms with van der Waals surface area (Å²) >= 11 is 0. The lowest BCUT2D eigenvalue weighted by Crippen LogP contribution is -2.37. The molecule has 1 saturated carbocycles. The Balaban J connectivity index is 1.73. The third-order valence-corrected chi connectivity index (χ3v) is 7.01. The molecule has 0 bridgehead atoms. The lowest BCUT2D eigenvalue weighted by Gasteiger charge is -2.40. The summed E-state index contributed by atoms with van der Waals surface area (Å²) in [5.41, 5.74) is 9.47. The van der Waals surface area contributed by atoms with E-state index in [9.17, 15) is 18.0 Å². The number of hydrogen-bond acceptors (Lipinski definition) is 4. The number of carbonyl (C=O) groups excluding carboxylic acids is 1. The predicted molar refractivity (Wildman–Crippen MR) is 122 cm³/mol. The van der Waals surface area contributed by atoms with Gasteiger partial charge in [-0.1, -0.05) is 24.3 Å². The molecule has 182 valence electrons. The van der Waals surface area contributed by atoms with Crippen molar-refractivity contribution >= 4 is 12.4 Å². The van der Waals surface area contributed by atoms with Gasteiger partial charge in [0.05, 0.1) is 12.1 Å². The van der Waals surface area contributed by atoms with E-state index in [-0.39, 0.29) is 29.3 Å². The molecule has 1 fully saturated rings. The van der Waals surface area contributed by atoms with Gasteiger partial charge in [0.15, 0.2) is 5.96 Å². The lowest BCUT2D eigenvalue weighted by atomic mass is 9.68. The monoisotopic (exact) mass is 475 g/mol. The van der Waals surface area contributed by atoms with Crippen molar-refractivity contribution in [3.8, 4) is 16.9 Å². The molecule has 1 amide bonds. The molecule has 2 aromatic rings. The lowest BCUT2D eigenvalue weighted by molar-refractivity contribution is -0.274. The second-order valence-corrected chi connectivity index (χ2v) is 9.07. The minimum absolute atomic E-state index is 0.132. The van der Waals surface area contributed by atoms with Gasteiger partial charge < -0.3 is 15.2 Å². The number of hydrogen-bond donors (Lipinski definition) is 1. The average molecular weight is 476 g/mol. The Labute approximate surface area is 196 Å². The van der Waals surface area contributed by atoms with Crippen molar-refractivity contribution in [1.29, 1.82) is 0 Å². The van der Waals surface area contributed by atoms with Crippen molar-refractivity contribution in [2.75, 3.05) is 14.2 Å². The normalized spacial score (nSPS) is 24.7. The van der Waals surface area contributed by atoms with Crippen LogP contribution in [0.1, 0.15) is 42.9 Å². The first-order valence-corrected chi connectivity index (χ1v) is 11.2. The van der Waals surface area contributed by atoms with Crippen LogP contribution in [-0.4, -0.2) is 43.9 Å². The molecular formula is C25H28F3N3O3. The van der Waals surface area contributed by atoms with E-state index in [1.165, 1.54) is 23.1 Å². The molecule has 2 aliphatic carbocycles. The summed E-state index contributed by atoms with van der Waals surface area (Å²) < 4.78 is 47.7. The summed E-state index contributed by atoms with van der Waals surface area (Å²) in [6.07, 6.45) is 0.502. The number of methoxy groups -OCH3 is 1. The summed E-state index contributed by atoms with van der Waals surface area (Å²) in [5, 5.41) is 0. The van der Waals surface area contributed by atoms with Gasteiger partial charge in [0.1, 0.15) is 5.75 Å². The van der Waals surface area contributed by atoms with Gasteiger partial charge in [-0.3, -0.25) is 9.69 Å². The maximum Gasteiger partial charge on any atom is 0.573 e. The second kappa shape index (κ2) is 9.29. The fraction of sp³-hybridized carbons (Fsp3) is 0.440. The quantitative estimate of drug-likeness (QED) is 0.382. The average Bonchev–Trinajstić information content (AvgIpc) is 3.10. The minimum Gasteiger partial charge on any atom is -0.406 e. The molecule has 34 heavy (non-hydrogen) atoms. The molecule has 1 unspecified atom stereocenters. The Morgan fingerprint density at radius 3 is 2.53 bits per heavy atom. The molecule has 6 nitrogen and oxygen atoms in total. The van der Waals surface area contributed by atoms with E-state index in [0.29, 0.717) is 12.0 Å². The van der Waals surface area contributed by atoms with E-state index in [1.54, 1.807) is 20.2 Å². The summed E-state index contributed by atoms with van der Waals surface area (Å²) in [6.45, 7) is 0. The number of fused-ring (bicyclic) bond motifs is 1. The topological polar surface area (TPSA) is 77.2 Å². The van der Waals surface area contributed by atoms with Crippen LogP contribution >= 0.6 is 0 Å². The number of aliphatic imine (C=N–C) groups is 1. The van der Waals surface area contributed by atoms with Crippen LogP contribution < -0.4 is 10.5 Å². The molecule has 0 aliphatic heterocycles. The highest BCUT2D eigenvalue weighted by atomic mass is 19.4. The summed E-state index contributed by atoms with van der Waals surface area (Å²) in [4.78, 5) is 17.3. The van der Waals surface area contributed by atoms with Gasteiger partial charge >= 0.3 is 6.36 Å². The van der Waals surface area contributed by atoms with Crippen LogP contribution in [0.2, 0.25) is 0 Å². The van der Waals surface area contributed by atoms with Gasteiger partial charge in [-0.05, 0) is 72.6 Å². The fourth-order valence-electron chi connectivity index (χ4n) is 5.20. The highest BCUT2D eigenvalue weighted by molar-refractivity contribution is 5.87. The molecule has 0 radical (unpaired) electrons. The molecule has 0 aromatic heterocycles. The largest absolute Gasteiger partial charge is 0.573 e. The molecular weight excluding hydrogens is 447 g/mol. The maximum atomic E-state index is 12.7. The highest BCUT2D eigenvalue weighted by Crippen LogP contribution is 2.56.